The molecule has 2 rings (SSSR count). The summed E-state index contributed by atoms with van der Waals surface area (Å²) in [6, 6.07) is 6.41. The first-order valence-corrected chi connectivity index (χ1v) is 5.82. The van der Waals surface area contributed by atoms with Gasteiger partial charge in [-0.05, 0) is 24.3 Å². The van der Waals surface area contributed by atoms with Gasteiger partial charge in [0.2, 0.25) is 5.91 Å². The molecular formula is C12H11N5O4. The van der Waals surface area contributed by atoms with Crippen molar-refractivity contribution in [2.75, 3.05) is 11.1 Å². The minimum Gasteiger partial charge on any atom is -0.399 e. The number of hydrogen-bond donors (Lipinski definition) is 2. The molecule has 9 nitrogen and oxygen atoms in total. The molecule has 0 aliphatic heterocycles. The Labute approximate surface area is 118 Å². The van der Waals surface area contributed by atoms with Gasteiger partial charge in [-0.15, -0.1) is 0 Å². The second-order valence-corrected chi connectivity index (χ2v) is 4.15. The van der Waals surface area contributed by atoms with Gasteiger partial charge in [-0.3, -0.25) is 19.5 Å². The summed E-state index contributed by atoms with van der Waals surface area (Å²) in [5.74, 6) is -0.510. The van der Waals surface area contributed by atoms with Crippen molar-refractivity contribution in [1.29, 1.82) is 0 Å². The molecule has 2 aromatic rings. The van der Waals surface area contributed by atoms with Gasteiger partial charge in [0.05, 0.1) is 11.1 Å². The van der Waals surface area contributed by atoms with Gasteiger partial charge in [0.25, 0.3) is 0 Å². The lowest BCUT2D eigenvalue weighted by molar-refractivity contribution is -0.385. The Kier molecular flexibility index (Phi) is 3.93. The van der Waals surface area contributed by atoms with Crippen LogP contribution in [0.5, 0.6) is 0 Å². The summed E-state index contributed by atoms with van der Waals surface area (Å²) < 4.78 is 0.866. The molecule has 0 radical (unpaired) electrons. The van der Waals surface area contributed by atoms with E-state index in [4.69, 9.17) is 5.73 Å². The highest BCUT2D eigenvalue weighted by Gasteiger charge is 2.11. The fourth-order valence-electron chi connectivity index (χ4n) is 1.57. The maximum absolute atomic E-state index is 11.8. The molecule has 9 heteroatoms. The first-order valence-electron chi connectivity index (χ1n) is 5.82. The number of nitrogen functional groups attached to an aromatic ring is 1. The van der Waals surface area contributed by atoms with Crippen LogP contribution in [0.2, 0.25) is 0 Å². The van der Waals surface area contributed by atoms with Crippen LogP contribution >= 0.6 is 0 Å². The van der Waals surface area contributed by atoms with E-state index in [9.17, 15) is 19.7 Å². The Balaban J connectivity index is 2.12. The minimum atomic E-state index is -0.743. The average molecular weight is 289 g/mol. The van der Waals surface area contributed by atoms with E-state index in [1.54, 1.807) is 24.3 Å². The number of carbonyl (C=O) groups excluding carboxylic acids is 1. The van der Waals surface area contributed by atoms with Crippen molar-refractivity contribution in [3.63, 3.8) is 0 Å². The predicted octanol–water partition coefficient (Wildman–Crippen LogP) is 0.372. The van der Waals surface area contributed by atoms with Crippen molar-refractivity contribution in [2.45, 2.75) is 6.54 Å². The van der Waals surface area contributed by atoms with Crippen molar-refractivity contribution in [3.05, 3.63) is 57.3 Å². The third kappa shape index (κ3) is 3.62. The third-order valence-electron chi connectivity index (χ3n) is 2.56. The molecule has 0 fully saturated rings. The molecular weight excluding hydrogens is 278 g/mol. The van der Waals surface area contributed by atoms with Crippen LogP contribution in [0.1, 0.15) is 0 Å². The number of nitrogens with one attached hydrogen (secondary N) is 1. The van der Waals surface area contributed by atoms with Crippen LogP contribution in [0.15, 0.2) is 41.5 Å². The number of hydrogen-bond acceptors (Lipinski definition) is 6. The van der Waals surface area contributed by atoms with Gasteiger partial charge in [0.1, 0.15) is 12.7 Å². The highest BCUT2D eigenvalue weighted by atomic mass is 16.6. The standard InChI is InChI=1S/C12H11N5O4/c13-8-1-3-9(4-2-8)15-11(18)7-16-6-10(17(20)21)5-14-12(16)19/h1-6H,7,13H2,(H,15,18). The molecule has 0 aliphatic rings. The topological polar surface area (TPSA) is 133 Å². The Morgan fingerprint density at radius 1 is 1.38 bits per heavy atom. The molecule has 0 aliphatic carbocycles. The molecule has 0 bridgehead atoms. The van der Waals surface area contributed by atoms with Crippen LogP contribution in [0.3, 0.4) is 0 Å². The molecule has 0 atom stereocenters. The van der Waals surface area contributed by atoms with Crippen LogP contribution in [0, 0.1) is 10.1 Å². The molecule has 1 aromatic heterocycles. The number of aromatic nitrogens is 2. The molecule has 0 spiro atoms. The first-order chi connectivity index (χ1) is 9.95. The molecule has 0 saturated carbocycles. The molecule has 3 N–H and O–H groups in total. The molecule has 0 unspecified atom stereocenters. The number of nitro groups is 1. The number of nitrogens with zero attached hydrogens (tertiary/aromatic N) is 3. The number of carbonyl (C=O) groups is 1. The number of anilines is 2. The molecule has 1 heterocycles. The quantitative estimate of drug-likeness (QED) is 0.474. The lowest BCUT2D eigenvalue weighted by Crippen LogP contribution is -2.29. The van der Waals surface area contributed by atoms with Crippen LogP contribution in [0.4, 0.5) is 17.1 Å². The summed E-state index contributed by atoms with van der Waals surface area (Å²) >= 11 is 0. The Morgan fingerprint density at radius 2 is 2.05 bits per heavy atom. The highest BCUT2D eigenvalue weighted by Crippen LogP contribution is 2.10. The van der Waals surface area contributed by atoms with Crippen molar-refractivity contribution in [2.24, 2.45) is 0 Å². The van der Waals surface area contributed by atoms with Crippen molar-refractivity contribution >= 4 is 23.0 Å². The molecule has 108 valence electrons. The van der Waals surface area contributed by atoms with E-state index in [1.807, 2.05) is 0 Å². The second-order valence-electron chi connectivity index (χ2n) is 4.15. The van der Waals surface area contributed by atoms with Gasteiger partial charge < -0.3 is 11.1 Å². The summed E-state index contributed by atoms with van der Waals surface area (Å²) in [6.45, 7) is -0.377. The minimum absolute atomic E-state index is 0.366. The average Bonchev–Trinajstić information content (AvgIpc) is 2.43. The van der Waals surface area contributed by atoms with E-state index in [0.717, 1.165) is 17.0 Å². The normalized spacial score (nSPS) is 10.1. The fraction of sp³-hybridized carbons (Fsp3) is 0.0833. The van der Waals surface area contributed by atoms with E-state index < -0.39 is 16.5 Å². The molecule has 21 heavy (non-hydrogen) atoms. The van der Waals surface area contributed by atoms with Crippen molar-refractivity contribution < 1.29 is 9.72 Å². The summed E-state index contributed by atoms with van der Waals surface area (Å²) in [6.07, 6.45) is 1.81. The lowest BCUT2D eigenvalue weighted by atomic mass is 10.3. The largest absolute Gasteiger partial charge is 0.399 e. The van der Waals surface area contributed by atoms with E-state index in [0.29, 0.717) is 11.4 Å². The Hall–Kier alpha value is -3.23. The van der Waals surface area contributed by atoms with E-state index in [2.05, 4.69) is 10.3 Å². The van der Waals surface area contributed by atoms with E-state index in [-0.39, 0.29) is 12.2 Å². The highest BCUT2D eigenvalue weighted by molar-refractivity contribution is 5.90. The van der Waals surface area contributed by atoms with Crippen molar-refractivity contribution in [1.82, 2.24) is 9.55 Å². The van der Waals surface area contributed by atoms with Crippen LogP contribution in [-0.2, 0) is 11.3 Å². The van der Waals surface area contributed by atoms with Crippen LogP contribution in [0.25, 0.3) is 0 Å². The van der Waals surface area contributed by atoms with Gasteiger partial charge in [-0.25, -0.2) is 4.79 Å². The molecule has 1 amide bonds. The summed E-state index contributed by atoms with van der Waals surface area (Å²) in [7, 11) is 0. The summed E-state index contributed by atoms with van der Waals surface area (Å²) in [5, 5.41) is 13.2. The first kappa shape index (κ1) is 14.2. The van der Waals surface area contributed by atoms with E-state index >= 15 is 0 Å². The number of amides is 1. The maximum Gasteiger partial charge on any atom is 0.348 e. The summed E-state index contributed by atoms with van der Waals surface area (Å²) in [5.41, 5.74) is 5.46. The Bertz CT molecular complexity index is 738. The van der Waals surface area contributed by atoms with Gasteiger partial charge in [-0.1, -0.05) is 0 Å². The molecule has 1 aromatic carbocycles. The zero-order valence-corrected chi connectivity index (χ0v) is 10.7. The second kappa shape index (κ2) is 5.82. The van der Waals surface area contributed by atoms with Gasteiger partial charge in [0.15, 0.2) is 0 Å². The van der Waals surface area contributed by atoms with Gasteiger partial charge >= 0.3 is 11.4 Å². The third-order valence-corrected chi connectivity index (χ3v) is 2.56. The van der Waals surface area contributed by atoms with Gasteiger partial charge in [0, 0.05) is 11.4 Å². The number of benzene rings is 1. The molecule has 0 saturated heterocycles. The van der Waals surface area contributed by atoms with Crippen molar-refractivity contribution in [3.8, 4) is 0 Å². The Morgan fingerprint density at radius 3 is 2.67 bits per heavy atom. The van der Waals surface area contributed by atoms with Crippen LogP contribution < -0.4 is 16.7 Å². The zero-order valence-electron chi connectivity index (χ0n) is 10.7. The smallest absolute Gasteiger partial charge is 0.348 e. The maximum atomic E-state index is 11.8. The fourth-order valence-corrected chi connectivity index (χ4v) is 1.57. The number of nitrogens with two attached hydrogens (primary N) is 1. The predicted molar refractivity (Wildman–Crippen MR) is 74.6 cm³/mol. The SMILES string of the molecule is Nc1ccc(NC(=O)Cn2cc([N+](=O)[O-])cnc2=O)cc1. The van der Waals surface area contributed by atoms with Gasteiger partial charge in [-0.2, -0.15) is 4.98 Å². The summed E-state index contributed by atoms with van der Waals surface area (Å²) in [4.78, 5) is 36.5. The number of rotatable bonds is 4. The zero-order chi connectivity index (χ0) is 15.4. The van der Waals surface area contributed by atoms with E-state index in [1.165, 1.54) is 0 Å². The lowest BCUT2D eigenvalue weighted by Gasteiger charge is -2.07. The van der Waals surface area contributed by atoms with Crippen LogP contribution in [-0.4, -0.2) is 20.4 Å². The monoisotopic (exact) mass is 289 g/mol.